The van der Waals surface area contributed by atoms with Crippen LogP contribution >= 0.6 is 0 Å². The van der Waals surface area contributed by atoms with Gasteiger partial charge >= 0.3 is 0 Å². The van der Waals surface area contributed by atoms with E-state index >= 15 is 0 Å². The van der Waals surface area contributed by atoms with E-state index in [9.17, 15) is 5.11 Å². The van der Waals surface area contributed by atoms with E-state index < -0.39 is 17.3 Å². The van der Waals surface area contributed by atoms with E-state index in [4.69, 9.17) is 14.2 Å². The summed E-state index contributed by atoms with van der Waals surface area (Å²) in [4.78, 5) is 0. The Morgan fingerprint density at radius 3 is 2.37 bits per heavy atom. The van der Waals surface area contributed by atoms with Crippen molar-refractivity contribution in [1.82, 2.24) is 0 Å². The average molecular weight is 268 g/mol. The highest BCUT2D eigenvalue weighted by Gasteiger charge is 2.65. The van der Waals surface area contributed by atoms with Gasteiger partial charge in [0.2, 0.25) is 0 Å². The van der Waals surface area contributed by atoms with Gasteiger partial charge in [0.1, 0.15) is 11.7 Å². The lowest BCUT2D eigenvalue weighted by atomic mass is 9.85. The van der Waals surface area contributed by atoms with Crippen molar-refractivity contribution in [2.75, 3.05) is 19.8 Å². The maximum atomic E-state index is 10.4. The molecule has 2 heterocycles. The number of hydrogen-bond acceptors (Lipinski definition) is 4. The lowest BCUT2D eigenvalue weighted by molar-refractivity contribution is -0.148. The second-order valence-corrected chi connectivity index (χ2v) is 6.33. The molecule has 2 saturated heterocycles. The first kappa shape index (κ1) is 14.8. The van der Waals surface area contributed by atoms with Crippen molar-refractivity contribution >= 4 is 0 Å². The summed E-state index contributed by atoms with van der Waals surface area (Å²) >= 11 is 0. The highest BCUT2D eigenvalue weighted by molar-refractivity contribution is 5.34. The molecule has 3 unspecified atom stereocenters. The van der Waals surface area contributed by atoms with Crippen molar-refractivity contribution in [3.63, 3.8) is 0 Å². The van der Waals surface area contributed by atoms with E-state index in [2.05, 4.69) is 25.7 Å². The molecule has 19 heavy (non-hydrogen) atoms. The molecule has 0 bridgehead atoms. The molecule has 2 rings (SSSR count). The van der Waals surface area contributed by atoms with Gasteiger partial charge in [0.25, 0.3) is 0 Å². The Labute approximate surface area is 115 Å². The van der Waals surface area contributed by atoms with Crippen LogP contribution in [0.5, 0.6) is 0 Å². The smallest absolute Gasteiger partial charge is 0.160 e. The predicted molar refractivity (Wildman–Crippen MR) is 71.7 cm³/mol. The molecule has 4 nitrogen and oxygen atoms in total. The Morgan fingerprint density at radius 1 is 1.32 bits per heavy atom. The van der Waals surface area contributed by atoms with Crippen molar-refractivity contribution in [3.05, 3.63) is 0 Å². The van der Waals surface area contributed by atoms with Crippen LogP contribution in [-0.4, -0.2) is 47.8 Å². The van der Waals surface area contributed by atoms with Gasteiger partial charge in [-0.15, -0.1) is 0 Å². The third-order valence-corrected chi connectivity index (χ3v) is 4.03. The molecule has 0 aromatic carbocycles. The van der Waals surface area contributed by atoms with Crippen LogP contribution in [-0.2, 0) is 14.2 Å². The Morgan fingerprint density at radius 2 is 1.95 bits per heavy atom. The zero-order valence-corrected chi connectivity index (χ0v) is 12.4. The predicted octanol–water partition coefficient (Wildman–Crippen LogP) is 1.36. The summed E-state index contributed by atoms with van der Waals surface area (Å²) in [6, 6.07) is 0. The number of ether oxygens (including phenoxy) is 3. The van der Waals surface area contributed by atoms with E-state index in [-0.39, 0.29) is 11.5 Å². The summed E-state index contributed by atoms with van der Waals surface area (Å²) < 4.78 is 16.6. The zero-order chi connectivity index (χ0) is 14.3. The zero-order valence-electron chi connectivity index (χ0n) is 12.4. The van der Waals surface area contributed by atoms with Gasteiger partial charge in [-0.3, -0.25) is 0 Å². The number of epoxide rings is 1. The molecule has 0 amide bonds. The van der Waals surface area contributed by atoms with Gasteiger partial charge in [-0.05, 0) is 26.7 Å². The van der Waals surface area contributed by atoms with E-state index in [1.54, 1.807) is 6.92 Å². The van der Waals surface area contributed by atoms with E-state index in [1.807, 2.05) is 13.8 Å². The molecule has 0 spiro atoms. The van der Waals surface area contributed by atoms with Crippen LogP contribution in [0.15, 0.2) is 0 Å². The van der Waals surface area contributed by atoms with Gasteiger partial charge in [0, 0.05) is 0 Å². The third-order valence-electron chi connectivity index (χ3n) is 4.03. The Bertz CT molecular complexity index is 396. The summed E-state index contributed by atoms with van der Waals surface area (Å²) in [5.41, 5.74) is -1.94. The molecule has 2 aliphatic rings. The third kappa shape index (κ3) is 2.66. The molecule has 0 aromatic rings. The minimum absolute atomic E-state index is 0.256. The monoisotopic (exact) mass is 268 g/mol. The fourth-order valence-electron chi connectivity index (χ4n) is 2.62. The molecule has 1 N–H and O–H groups in total. The molecular weight excluding hydrogens is 244 g/mol. The maximum absolute atomic E-state index is 10.4. The van der Waals surface area contributed by atoms with E-state index in [1.165, 1.54) is 0 Å². The average Bonchev–Trinajstić information content (AvgIpc) is 2.92. The molecule has 4 heteroatoms. The van der Waals surface area contributed by atoms with Crippen molar-refractivity contribution in [1.29, 1.82) is 0 Å². The second kappa shape index (κ2) is 4.75. The second-order valence-electron chi connectivity index (χ2n) is 6.33. The molecule has 108 valence electrons. The van der Waals surface area contributed by atoms with Crippen LogP contribution in [0.1, 0.15) is 34.6 Å². The first-order valence-electron chi connectivity index (χ1n) is 6.87. The molecule has 0 radical (unpaired) electrons. The number of hydrogen-bond donors (Lipinski definition) is 1. The Balaban J connectivity index is 2.14. The Kier molecular flexibility index (Phi) is 3.70. The van der Waals surface area contributed by atoms with E-state index in [0.29, 0.717) is 19.8 Å². The largest absolute Gasteiger partial charge is 0.376 e. The molecule has 2 aliphatic heterocycles. The topological polar surface area (TPSA) is 51.2 Å². The first-order valence-corrected chi connectivity index (χ1v) is 6.87. The van der Waals surface area contributed by atoms with Crippen LogP contribution in [0.3, 0.4) is 0 Å². The summed E-state index contributed by atoms with van der Waals surface area (Å²) in [6.07, 6.45) is -0.403. The lowest BCUT2D eigenvalue weighted by Crippen LogP contribution is -2.46. The van der Waals surface area contributed by atoms with Crippen molar-refractivity contribution in [2.45, 2.75) is 57.5 Å². The van der Waals surface area contributed by atoms with Crippen LogP contribution in [0.25, 0.3) is 0 Å². The van der Waals surface area contributed by atoms with Crippen LogP contribution < -0.4 is 0 Å². The highest BCUT2D eigenvalue weighted by Crippen LogP contribution is 2.52. The minimum Gasteiger partial charge on any atom is -0.376 e. The molecular formula is C15H24O4. The number of aliphatic hydroxyl groups is 1. The van der Waals surface area contributed by atoms with Crippen molar-refractivity contribution in [3.8, 4) is 11.8 Å². The standard InChI is InChI=1S/C15H24O4/c1-11(2)15(13(3,4)19-15)7-6-14(5,16)12-10-17-8-9-18-12/h11-12,16H,8-10H2,1-5H3. The lowest BCUT2D eigenvalue weighted by Gasteiger charge is -2.31. The fraction of sp³-hybridized carbons (Fsp3) is 0.867. The molecule has 3 atom stereocenters. The molecule has 0 aromatic heterocycles. The molecule has 0 saturated carbocycles. The van der Waals surface area contributed by atoms with Gasteiger partial charge < -0.3 is 19.3 Å². The Hall–Kier alpha value is -0.600. The summed E-state index contributed by atoms with van der Waals surface area (Å²) in [7, 11) is 0. The molecule has 2 fully saturated rings. The molecule has 0 aliphatic carbocycles. The van der Waals surface area contributed by atoms with Crippen LogP contribution in [0, 0.1) is 17.8 Å². The van der Waals surface area contributed by atoms with Gasteiger partial charge in [-0.2, -0.15) is 0 Å². The minimum atomic E-state index is -1.22. The van der Waals surface area contributed by atoms with E-state index in [0.717, 1.165) is 0 Å². The maximum Gasteiger partial charge on any atom is 0.160 e. The van der Waals surface area contributed by atoms with Gasteiger partial charge in [-0.1, -0.05) is 25.7 Å². The highest BCUT2D eigenvalue weighted by atomic mass is 16.6. The number of rotatable bonds is 2. The van der Waals surface area contributed by atoms with Crippen molar-refractivity contribution in [2.24, 2.45) is 5.92 Å². The van der Waals surface area contributed by atoms with Gasteiger partial charge in [0.05, 0.1) is 19.8 Å². The van der Waals surface area contributed by atoms with Gasteiger partial charge in [-0.25, -0.2) is 0 Å². The SMILES string of the molecule is CC(C)C1(C#CC(C)(O)C2COCCO2)OC1(C)C. The fourth-order valence-corrected chi connectivity index (χ4v) is 2.62. The summed E-state index contributed by atoms with van der Waals surface area (Å²) in [6.45, 7) is 11.3. The summed E-state index contributed by atoms with van der Waals surface area (Å²) in [5, 5.41) is 10.4. The van der Waals surface area contributed by atoms with Gasteiger partial charge in [0.15, 0.2) is 11.2 Å². The first-order chi connectivity index (χ1) is 8.71. The van der Waals surface area contributed by atoms with Crippen LogP contribution in [0.2, 0.25) is 0 Å². The van der Waals surface area contributed by atoms with Crippen LogP contribution in [0.4, 0.5) is 0 Å². The normalized spacial score (nSPS) is 36.3. The quantitative estimate of drug-likeness (QED) is 0.607. The van der Waals surface area contributed by atoms with Crippen molar-refractivity contribution < 1.29 is 19.3 Å². The summed E-state index contributed by atoms with van der Waals surface area (Å²) in [5.74, 6) is 6.36.